The number of hydrogen-bond donors (Lipinski definition) is 2. The summed E-state index contributed by atoms with van der Waals surface area (Å²) in [6.45, 7) is 7.59. The SMILES string of the molecule is CN=C(NCC1CCC(C(C)C)CC1)NC(C)CCS(C)(=O)=O. The molecule has 0 aliphatic heterocycles. The van der Waals surface area contributed by atoms with Crippen molar-refractivity contribution in [1.29, 1.82) is 0 Å². The van der Waals surface area contributed by atoms with E-state index in [2.05, 4.69) is 29.5 Å². The molecular formula is C17H35N3O2S. The molecule has 2 N–H and O–H groups in total. The van der Waals surface area contributed by atoms with Crippen LogP contribution in [0.25, 0.3) is 0 Å². The van der Waals surface area contributed by atoms with E-state index >= 15 is 0 Å². The molecule has 5 nitrogen and oxygen atoms in total. The van der Waals surface area contributed by atoms with Crippen LogP contribution in [0.1, 0.15) is 52.9 Å². The van der Waals surface area contributed by atoms with Crippen molar-refractivity contribution < 1.29 is 8.42 Å². The zero-order valence-corrected chi connectivity index (χ0v) is 16.2. The maximum absolute atomic E-state index is 11.2. The fraction of sp³-hybridized carbons (Fsp3) is 0.941. The van der Waals surface area contributed by atoms with E-state index in [1.54, 1.807) is 7.05 Å². The molecule has 136 valence electrons. The Morgan fingerprint density at radius 3 is 2.26 bits per heavy atom. The van der Waals surface area contributed by atoms with Crippen LogP contribution in [-0.4, -0.2) is 46.0 Å². The van der Waals surface area contributed by atoms with Gasteiger partial charge in [-0.2, -0.15) is 0 Å². The van der Waals surface area contributed by atoms with E-state index in [-0.39, 0.29) is 11.8 Å². The van der Waals surface area contributed by atoms with Gasteiger partial charge in [0.2, 0.25) is 0 Å². The quantitative estimate of drug-likeness (QED) is 0.549. The molecule has 1 aliphatic rings. The summed E-state index contributed by atoms with van der Waals surface area (Å²) < 4.78 is 22.4. The second kappa shape index (κ2) is 9.50. The van der Waals surface area contributed by atoms with Gasteiger partial charge in [-0.05, 0) is 56.8 Å². The first-order valence-electron chi connectivity index (χ1n) is 8.86. The minimum absolute atomic E-state index is 0.0904. The monoisotopic (exact) mass is 345 g/mol. The van der Waals surface area contributed by atoms with Crippen LogP contribution in [0.4, 0.5) is 0 Å². The normalized spacial score (nSPS) is 24.5. The first-order valence-corrected chi connectivity index (χ1v) is 10.9. The van der Waals surface area contributed by atoms with Gasteiger partial charge in [0, 0.05) is 25.9 Å². The molecule has 0 aromatic rings. The van der Waals surface area contributed by atoms with Gasteiger partial charge in [-0.15, -0.1) is 0 Å². The lowest BCUT2D eigenvalue weighted by atomic mass is 9.77. The van der Waals surface area contributed by atoms with Crippen LogP contribution in [0.15, 0.2) is 4.99 Å². The highest BCUT2D eigenvalue weighted by molar-refractivity contribution is 7.90. The third-order valence-corrected chi connectivity index (χ3v) is 5.90. The zero-order chi connectivity index (χ0) is 17.5. The fourth-order valence-electron chi connectivity index (χ4n) is 3.19. The summed E-state index contributed by atoms with van der Waals surface area (Å²) >= 11 is 0. The Morgan fingerprint density at radius 1 is 1.17 bits per heavy atom. The van der Waals surface area contributed by atoms with Crippen LogP contribution in [0.3, 0.4) is 0 Å². The third kappa shape index (κ3) is 8.58. The summed E-state index contributed by atoms with van der Waals surface area (Å²) in [7, 11) is -1.15. The highest BCUT2D eigenvalue weighted by atomic mass is 32.2. The standard InChI is InChI=1S/C17H35N3O2S/c1-13(2)16-8-6-15(7-9-16)12-19-17(18-4)20-14(3)10-11-23(5,21)22/h13-16H,6-12H2,1-5H3,(H2,18,19,20). The van der Waals surface area contributed by atoms with Crippen LogP contribution in [0.5, 0.6) is 0 Å². The molecule has 6 heteroatoms. The fourth-order valence-corrected chi connectivity index (χ4v) is 3.97. The molecule has 1 aliphatic carbocycles. The van der Waals surface area contributed by atoms with Gasteiger partial charge in [-0.25, -0.2) is 8.42 Å². The topological polar surface area (TPSA) is 70.6 Å². The van der Waals surface area contributed by atoms with E-state index in [9.17, 15) is 8.42 Å². The molecule has 0 aromatic carbocycles. The highest BCUT2D eigenvalue weighted by Crippen LogP contribution is 2.32. The van der Waals surface area contributed by atoms with Gasteiger partial charge < -0.3 is 10.6 Å². The van der Waals surface area contributed by atoms with E-state index in [1.807, 2.05) is 6.92 Å². The minimum Gasteiger partial charge on any atom is -0.356 e. The van der Waals surface area contributed by atoms with Crippen LogP contribution < -0.4 is 10.6 Å². The van der Waals surface area contributed by atoms with Gasteiger partial charge in [0.1, 0.15) is 9.84 Å². The molecule has 23 heavy (non-hydrogen) atoms. The molecule has 1 saturated carbocycles. The van der Waals surface area contributed by atoms with Gasteiger partial charge >= 0.3 is 0 Å². The lowest BCUT2D eigenvalue weighted by Gasteiger charge is -2.31. The maximum atomic E-state index is 11.2. The van der Waals surface area contributed by atoms with Crippen molar-refractivity contribution in [1.82, 2.24) is 10.6 Å². The molecular weight excluding hydrogens is 310 g/mol. The Balaban J connectivity index is 2.29. The Kier molecular flexibility index (Phi) is 8.37. The number of nitrogens with one attached hydrogen (secondary N) is 2. The van der Waals surface area contributed by atoms with Crippen molar-refractivity contribution >= 4 is 15.8 Å². The van der Waals surface area contributed by atoms with Crippen molar-refractivity contribution in [2.75, 3.05) is 25.6 Å². The summed E-state index contributed by atoms with van der Waals surface area (Å²) in [5, 5.41) is 6.68. The van der Waals surface area contributed by atoms with Crippen LogP contribution in [0, 0.1) is 17.8 Å². The second-order valence-corrected chi connectivity index (χ2v) is 9.70. The Labute approximate surface area is 142 Å². The van der Waals surface area contributed by atoms with Gasteiger partial charge in [-0.1, -0.05) is 13.8 Å². The van der Waals surface area contributed by atoms with Gasteiger partial charge in [0.25, 0.3) is 0 Å². The molecule has 0 aromatic heterocycles. The molecule has 0 bridgehead atoms. The second-order valence-electron chi connectivity index (χ2n) is 7.44. The number of sulfone groups is 1. The largest absolute Gasteiger partial charge is 0.356 e. The van der Waals surface area contributed by atoms with Crippen molar-refractivity contribution in [2.45, 2.75) is 58.9 Å². The van der Waals surface area contributed by atoms with E-state index in [0.717, 1.165) is 30.3 Å². The van der Waals surface area contributed by atoms with Gasteiger partial charge in [0.05, 0.1) is 5.75 Å². The predicted octanol–water partition coefficient (Wildman–Crippen LogP) is 2.44. The summed E-state index contributed by atoms with van der Waals surface area (Å²) in [6.07, 6.45) is 7.12. The molecule has 0 spiro atoms. The molecule has 1 fully saturated rings. The number of rotatable bonds is 7. The Morgan fingerprint density at radius 2 is 1.78 bits per heavy atom. The van der Waals surface area contributed by atoms with E-state index in [4.69, 9.17) is 0 Å². The zero-order valence-electron chi connectivity index (χ0n) is 15.4. The third-order valence-electron chi connectivity index (χ3n) is 4.92. The Hall–Kier alpha value is -0.780. The highest BCUT2D eigenvalue weighted by Gasteiger charge is 2.23. The van der Waals surface area contributed by atoms with Crippen LogP contribution in [-0.2, 0) is 9.84 Å². The molecule has 0 amide bonds. The molecule has 0 radical (unpaired) electrons. The minimum atomic E-state index is -2.90. The van der Waals surface area contributed by atoms with Crippen LogP contribution >= 0.6 is 0 Å². The van der Waals surface area contributed by atoms with Crippen molar-refractivity contribution in [3.63, 3.8) is 0 Å². The Bertz CT molecular complexity index is 466. The van der Waals surface area contributed by atoms with Crippen LogP contribution in [0.2, 0.25) is 0 Å². The first-order chi connectivity index (χ1) is 10.7. The molecule has 0 heterocycles. The lowest BCUT2D eigenvalue weighted by Crippen LogP contribution is -2.44. The van der Waals surface area contributed by atoms with Crippen molar-refractivity contribution in [3.8, 4) is 0 Å². The van der Waals surface area contributed by atoms with E-state index in [0.29, 0.717) is 6.42 Å². The smallest absolute Gasteiger partial charge is 0.191 e. The van der Waals surface area contributed by atoms with Gasteiger partial charge in [0.15, 0.2) is 5.96 Å². The first kappa shape index (κ1) is 20.3. The number of nitrogens with zero attached hydrogens (tertiary/aromatic N) is 1. The number of hydrogen-bond acceptors (Lipinski definition) is 3. The summed E-state index contributed by atoms with van der Waals surface area (Å²) in [5.41, 5.74) is 0. The van der Waals surface area contributed by atoms with Gasteiger partial charge in [-0.3, -0.25) is 4.99 Å². The average molecular weight is 346 g/mol. The number of guanidine groups is 1. The number of aliphatic imine (C=N–C) groups is 1. The van der Waals surface area contributed by atoms with Crippen molar-refractivity contribution in [3.05, 3.63) is 0 Å². The summed E-state index contributed by atoms with van der Waals surface area (Å²) in [4.78, 5) is 4.25. The summed E-state index contributed by atoms with van der Waals surface area (Å²) in [5.74, 6) is 3.39. The van der Waals surface area contributed by atoms with E-state index < -0.39 is 9.84 Å². The molecule has 1 rings (SSSR count). The lowest BCUT2D eigenvalue weighted by molar-refractivity contribution is 0.224. The molecule has 1 atom stereocenters. The average Bonchev–Trinajstić information content (AvgIpc) is 2.49. The molecule has 0 saturated heterocycles. The predicted molar refractivity (Wildman–Crippen MR) is 98.6 cm³/mol. The van der Waals surface area contributed by atoms with Crippen molar-refractivity contribution in [2.24, 2.45) is 22.7 Å². The van der Waals surface area contributed by atoms with E-state index in [1.165, 1.54) is 31.9 Å². The maximum Gasteiger partial charge on any atom is 0.191 e. The molecule has 1 unspecified atom stereocenters. The summed E-state index contributed by atoms with van der Waals surface area (Å²) in [6, 6.07) is 0.0904.